The van der Waals surface area contributed by atoms with Crippen molar-refractivity contribution in [1.29, 1.82) is 0 Å². The number of carbonyl (C=O) groups is 1. The monoisotopic (exact) mass is 374 g/mol. The summed E-state index contributed by atoms with van der Waals surface area (Å²) >= 11 is 1.48. The Kier molecular flexibility index (Phi) is 3.75. The van der Waals surface area contributed by atoms with Crippen LogP contribution >= 0.6 is 11.3 Å². The van der Waals surface area contributed by atoms with Crippen LogP contribution in [0.5, 0.6) is 0 Å². The zero-order chi connectivity index (χ0) is 18.2. The highest BCUT2D eigenvalue weighted by molar-refractivity contribution is 7.19. The first-order chi connectivity index (χ1) is 13.3. The molecule has 0 atom stereocenters. The number of rotatable bonds is 5. The van der Waals surface area contributed by atoms with Gasteiger partial charge in [0.2, 0.25) is 4.96 Å². The number of aryl methyl sites for hydroxylation is 1. The molecule has 132 valence electrons. The number of carbonyl (C=O) groups excluding carboxylic acids is 1. The molecule has 7 nitrogen and oxygen atoms in total. The lowest BCUT2D eigenvalue weighted by atomic mass is 10.2. The summed E-state index contributed by atoms with van der Waals surface area (Å²) < 4.78 is 1.72. The van der Waals surface area contributed by atoms with Gasteiger partial charge in [-0.25, -0.2) is 4.98 Å². The molecule has 0 radical (unpaired) electrons. The van der Waals surface area contributed by atoms with E-state index in [2.05, 4.69) is 25.3 Å². The van der Waals surface area contributed by atoms with Crippen LogP contribution in [0.2, 0.25) is 0 Å². The summed E-state index contributed by atoms with van der Waals surface area (Å²) in [5.41, 5.74) is 2.69. The summed E-state index contributed by atoms with van der Waals surface area (Å²) in [6, 6.07) is 17.5. The lowest BCUT2D eigenvalue weighted by Crippen LogP contribution is -2.06. The van der Waals surface area contributed by atoms with Gasteiger partial charge in [-0.1, -0.05) is 53.8 Å². The second-order valence-corrected chi connectivity index (χ2v) is 7.07. The first kappa shape index (κ1) is 15.8. The maximum Gasteiger partial charge on any atom is 0.234 e. The molecule has 0 saturated carbocycles. The number of para-hydroxylation sites is 2. The summed E-state index contributed by atoms with van der Waals surface area (Å²) in [6.07, 6.45) is 0.744. The van der Waals surface area contributed by atoms with Crippen LogP contribution in [0.4, 0.5) is 0 Å². The van der Waals surface area contributed by atoms with Crippen LogP contribution in [0.1, 0.15) is 22.9 Å². The zero-order valence-electron chi connectivity index (χ0n) is 14.2. The molecule has 0 unspecified atom stereocenters. The van der Waals surface area contributed by atoms with Gasteiger partial charge in [-0.3, -0.25) is 4.79 Å². The van der Waals surface area contributed by atoms with Crippen LogP contribution in [0.15, 0.2) is 54.6 Å². The van der Waals surface area contributed by atoms with E-state index >= 15 is 0 Å². The van der Waals surface area contributed by atoms with E-state index in [1.807, 2.05) is 54.6 Å². The maximum atomic E-state index is 12.5. The third-order valence-electron chi connectivity index (χ3n) is 4.31. The fourth-order valence-electron chi connectivity index (χ4n) is 2.94. The standard InChI is InChI=1S/C19H14N6OS/c26-15(17-20-13-8-4-5-9-14(13)21-17)10-11-16-22-23-19-25(16)24-18(27-19)12-6-2-1-3-7-12/h1-9H,10-11H2,(H,20,21). The van der Waals surface area contributed by atoms with Gasteiger partial charge in [-0.15, -0.1) is 10.2 Å². The Bertz CT molecular complexity index is 1220. The molecule has 8 heteroatoms. The van der Waals surface area contributed by atoms with Crippen LogP contribution in [-0.4, -0.2) is 35.6 Å². The minimum absolute atomic E-state index is 0.0542. The van der Waals surface area contributed by atoms with E-state index in [1.165, 1.54) is 11.3 Å². The average molecular weight is 374 g/mol. The van der Waals surface area contributed by atoms with Crippen molar-refractivity contribution < 1.29 is 4.79 Å². The molecule has 2 aromatic carbocycles. The van der Waals surface area contributed by atoms with E-state index in [4.69, 9.17) is 0 Å². The van der Waals surface area contributed by atoms with Crippen molar-refractivity contribution in [1.82, 2.24) is 29.8 Å². The lowest BCUT2D eigenvalue weighted by Gasteiger charge is -1.96. The predicted molar refractivity (Wildman–Crippen MR) is 103 cm³/mol. The summed E-state index contributed by atoms with van der Waals surface area (Å²) in [7, 11) is 0. The fraction of sp³-hybridized carbons (Fsp3) is 0.105. The highest BCUT2D eigenvalue weighted by Gasteiger charge is 2.16. The number of imidazole rings is 1. The number of ketones is 1. The Morgan fingerprint density at radius 2 is 1.85 bits per heavy atom. The Labute approximate surface area is 157 Å². The van der Waals surface area contributed by atoms with Crippen LogP contribution in [0.25, 0.3) is 26.6 Å². The minimum Gasteiger partial charge on any atom is -0.335 e. The third-order valence-corrected chi connectivity index (χ3v) is 5.25. The molecule has 0 aliphatic rings. The SMILES string of the molecule is O=C(CCc1nnc2sc(-c3ccccc3)nn12)c1nc2ccccc2[nH]1. The van der Waals surface area contributed by atoms with E-state index in [-0.39, 0.29) is 5.78 Å². The van der Waals surface area contributed by atoms with Crippen molar-refractivity contribution >= 4 is 33.1 Å². The number of hydrogen-bond donors (Lipinski definition) is 1. The first-order valence-corrected chi connectivity index (χ1v) is 9.34. The van der Waals surface area contributed by atoms with Gasteiger partial charge in [-0.2, -0.15) is 9.61 Å². The predicted octanol–water partition coefficient (Wildman–Crippen LogP) is 3.54. The molecule has 3 aromatic heterocycles. The average Bonchev–Trinajstić information content (AvgIpc) is 3.41. The number of nitrogens with zero attached hydrogens (tertiary/aromatic N) is 5. The van der Waals surface area contributed by atoms with Crippen molar-refractivity contribution in [2.24, 2.45) is 0 Å². The molecule has 0 fully saturated rings. The van der Waals surface area contributed by atoms with Gasteiger partial charge in [0.25, 0.3) is 0 Å². The number of nitrogens with one attached hydrogen (secondary N) is 1. The largest absolute Gasteiger partial charge is 0.335 e. The second-order valence-electron chi connectivity index (χ2n) is 6.11. The van der Waals surface area contributed by atoms with Gasteiger partial charge < -0.3 is 4.98 Å². The summed E-state index contributed by atoms with van der Waals surface area (Å²) in [6.45, 7) is 0. The molecule has 5 rings (SSSR count). The summed E-state index contributed by atoms with van der Waals surface area (Å²) in [5, 5.41) is 13.8. The zero-order valence-corrected chi connectivity index (χ0v) is 15.0. The number of Topliss-reactive ketones (excluding diaryl/α,β-unsaturated/α-hetero) is 1. The number of aromatic nitrogens is 6. The van der Waals surface area contributed by atoms with Crippen molar-refractivity contribution in [2.75, 3.05) is 0 Å². The number of hydrogen-bond acceptors (Lipinski definition) is 6. The number of fused-ring (bicyclic) bond motifs is 2. The van der Waals surface area contributed by atoms with Crippen molar-refractivity contribution in [2.45, 2.75) is 12.8 Å². The molecular formula is C19H14N6OS. The van der Waals surface area contributed by atoms with Crippen LogP contribution in [-0.2, 0) is 6.42 Å². The molecule has 5 aromatic rings. The third kappa shape index (κ3) is 2.89. The van der Waals surface area contributed by atoms with E-state index in [9.17, 15) is 4.79 Å². The minimum atomic E-state index is -0.0542. The Morgan fingerprint density at radius 1 is 1.04 bits per heavy atom. The smallest absolute Gasteiger partial charge is 0.234 e. The van der Waals surface area contributed by atoms with E-state index < -0.39 is 0 Å². The maximum absolute atomic E-state index is 12.5. The van der Waals surface area contributed by atoms with Gasteiger partial charge >= 0.3 is 0 Å². The molecule has 0 aliphatic carbocycles. The van der Waals surface area contributed by atoms with Crippen molar-refractivity contribution in [3.63, 3.8) is 0 Å². The highest BCUT2D eigenvalue weighted by Crippen LogP contribution is 2.25. The first-order valence-electron chi connectivity index (χ1n) is 8.52. The summed E-state index contributed by atoms with van der Waals surface area (Å²) in [4.78, 5) is 20.7. The molecule has 0 aliphatic heterocycles. The topological polar surface area (TPSA) is 88.8 Å². The molecule has 27 heavy (non-hydrogen) atoms. The summed E-state index contributed by atoms with van der Waals surface area (Å²) in [5.74, 6) is 0.995. The highest BCUT2D eigenvalue weighted by atomic mass is 32.1. The van der Waals surface area contributed by atoms with Crippen LogP contribution < -0.4 is 0 Å². The Balaban J connectivity index is 1.36. The molecule has 1 N–H and O–H groups in total. The number of aromatic amines is 1. The molecule has 0 amide bonds. The van der Waals surface area contributed by atoms with Gasteiger partial charge in [0.15, 0.2) is 17.4 Å². The quantitative estimate of drug-likeness (QED) is 0.475. The Hall–Kier alpha value is -3.39. The van der Waals surface area contributed by atoms with Gasteiger partial charge in [0.05, 0.1) is 11.0 Å². The lowest BCUT2D eigenvalue weighted by molar-refractivity contribution is 0.0973. The van der Waals surface area contributed by atoms with E-state index in [0.717, 1.165) is 26.6 Å². The second kappa shape index (κ2) is 6.40. The molecule has 0 bridgehead atoms. The van der Waals surface area contributed by atoms with Crippen LogP contribution in [0.3, 0.4) is 0 Å². The molecule has 0 saturated heterocycles. The number of benzene rings is 2. The number of H-pyrrole nitrogens is 1. The van der Waals surface area contributed by atoms with Gasteiger partial charge in [0, 0.05) is 18.4 Å². The molecule has 3 heterocycles. The van der Waals surface area contributed by atoms with Gasteiger partial charge in [-0.05, 0) is 12.1 Å². The fourth-order valence-corrected chi connectivity index (χ4v) is 3.80. The van der Waals surface area contributed by atoms with Crippen molar-refractivity contribution in [3.8, 4) is 10.6 Å². The molecule has 0 spiro atoms. The van der Waals surface area contributed by atoms with Crippen molar-refractivity contribution in [3.05, 3.63) is 66.2 Å². The molecular weight excluding hydrogens is 360 g/mol. The normalized spacial score (nSPS) is 11.4. The van der Waals surface area contributed by atoms with Gasteiger partial charge in [0.1, 0.15) is 5.01 Å². The van der Waals surface area contributed by atoms with Crippen LogP contribution in [0, 0.1) is 0 Å². The Morgan fingerprint density at radius 3 is 2.70 bits per heavy atom. The van der Waals surface area contributed by atoms with E-state index in [1.54, 1.807) is 4.52 Å². The van der Waals surface area contributed by atoms with E-state index in [0.29, 0.717) is 24.5 Å².